The van der Waals surface area contributed by atoms with Gasteiger partial charge in [0, 0.05) is 29.1 Å². The van der Waals surface area contributed by atoms with Gasteiger partial charge >= 0.3 is 0 Å². The number of nitrogens with zero attached hydrogens (tertiary/aromatic N) is 3. The molecule has 0 saturated heterocycles. The predicted octanol–water partition coefficient (Wildman–Crippen LogP) is 3.66. The highest BCUT2D eigenvalue weighted by atomic mass is 35.5. The molecule has 10 heteroatoms. The van der Waals surface area contributed by atoms with Crippen LogP contribution in [0, 0.1) is 6.92 Å². The van der Waals surface area contributed by atoms with E-state index in [-0.39, 0.29) is 11.4 Å². The van der Waals surface area contributed by atoms with Crippen LogP contribution in [0.15, 0.2) is 24.5 Å². The van der Waals surface area contributed by atoms with Gasteiger partial charge in [0.25, 0.3) is 11.8 Å². The SMILES string of the molecule is Cc1sc(C(=O)N[C@@H]2[C@H](N)CCCC2(F)F)nc1-c1cnn2cc(Cl)ccc12. The Bertz CT molecular complexity index is 1050. The number of hydrogen-bond donors (Lipinski definition) is 2. The molecule has 6 nitrogen and oxygen atoms in total. The van der Waals surface area contributed by atoms with Crippen molar-refractivity contribution in [2.45, 2.75) is 44.2 Å². The summed E-state index contributed by atoms with van der Waals surface area (Å²) >= 11 is 7.13. The van der Waals surface area contributed by atoms with Crippen molar-refractivity contribution in [3.8, 4) is 11.3 Å². The van der Waals surface area contributed by atoms with Crippen LogP contribution in [0.4, 0.5) is 8.78 Å². The molecule has 3 aromatic rings. The maximum Gasteiger partial charge on any atom is 0.280 e. The van der Waals surface area contributed by atoms with Gasteiger partial charge in [0.1, 0.15) is 6.04 Å². The van der Waals surface area contributed by atoms with E-state index in [1.165, 1.54) is 0 Å². The van der Waals surface area contributed by atoms with E-state index in [2.05, 4.69) is 15.4 Å². The molecule has 1 aliphatic rings. The molecule has 0 aliphatic heterocycles. The zero-order chi connectivity index (χ0) is 20.1. The lowest BCUT2D eigenvalue weighted by Crippen LogP contribution is -2.59. The first kappa shape index (κ1) is 19.2. The van der Waals surface area contributed by atoms with Crippen LogP contribution in [-0.4, -0.2) is 38.5 Å². The van der Waals surface area contributed by atoms with Crippen LogP contribution < -0.4 is 11.1 Å². The van der Waals surface area contributed by atoms with E-state index in [1.807, 2.05) is 13.0 Å². The van der Waals surface area contributed by atoms with Crippen LogP contribution in [0.1, 0.15) is 33.9 Å². The summed E-state index contributed by atoms with van der Waals surface area (Å²) in [5.41, 5.74) is 7.95. The van der Waals surface area contributed by atoms with Gasteiger partial charge in [-0.1, -0.05) is 11.6 Å². The minimum Gasteiger partial charge on any atom is -0.340 e. The van der Waals surface area contributed by atoms with Crippen molar-refractivity contribution in [2.75, 3.05) is 0 Å². The molecule has 0 bridgehead atoms. The van der Waals surface area contributed by atoms with E-state index >= 15 is 0 Å². The quantitative estimate of drug-likeness (QED) is 0.670. The van der Waals surface area contributed by atoms with Gasteiger partial charge in [-0.15, -0.1) is 11.3 Å². The fourth-order valence-electron chi connectivity index (χ4n) is 3.51. The summed E-state index contributed by atoms with van der Waals surface area (Å²) < 4.78 is 30.0. The Morgan fingerprint density at radius 3 is 3.00 bits per heavy atom. The van der Waals surface area contributed by atoms with Crippen molar-refractivity contribution in [1.29, 1.82) is 0 Å². The predicted molar refractivity (Wildman–Crippen MR) is 104 cm³/mol. The number of thiazole rings is 1. The molecule has 3 N–H and O–H groups in total. The van der Waals surface area contributed by atoms with Gasteiger partial charge in [0.05, 0.1) is 22.4 Å². The molecule has 1 aliphatic carbocycles. The van der Waals surface area contributed by atoms with Gasteiger partial charge in [-0.05, 0) is 31.9 Å². The zero-order valence-electron chi connectivity index (χ0n) is 15.0. The standard InChI is InChI=1S/C18H18ClF2N5OS/c1-9-14(11-7-23-26-8-10(19)4-5-13(11)26)24-17(28-9)16(27)25-15-12(22)3-2-6-18(15,20)21/h4-5,7-8,12,15H,2-3,6,22H2,1H3,(H,25,27)/t12-,15-/m1/s1. The normalized spacial score (nSPS) is 21.8. The maximum absolute atomic E-state index is 14.2. The lowest BCUT2D eigenvalue weighted by atomic mass is 9.87. The van der Waals surface area contributed by atoms with Crippen molar-refractivity contribution in [1.82, 2.24) is 19.9 Å². The molecule has 1 saturated carbocycles. The molecule has 0 aromatic carbocycles. The number of carbonyl (C=O) groups is 1. The minimum absolute atomic E-state index is 0.120. The molecule has 148 valence electrons. The van der Waals surface area contributed by atoms with E-state index in [9.17, 15) is 13.6 Å². The molecule has 0 radical (unpaired) electrons. The molecule has 0 unspecified atom stereocenters. The number of aryl methyl sites for hydroxylation is 1. The van der Waals surface area contributed by atoms with Crippen LogP contribution in [0.5, 0.6) is 0 Å². The van der Waals surface area contributed by atoms with Crippen molar-refractivity contribution < 1.29 is 13.6 Å². The summed E-state index contributed by atoms with van der Waals surface area (Å²) in [7, 11) is 0. The van der Waals surface area contributed by atoms with E-state index in [1.54, 1.807) is 23.0 Å². The number of alkyl halides is 2. The topological polar surface area (TPSA) is 85.3 Å². The Labute approximate surface area is 168 Å². The highest BCUT2D eigenvalue weighted by Crippen LogP contribution is 2.34. The highest BCUT2D eigenvalue weighted by molar-refractivity contribution is 7.14. The summed E-state index contributed by atoms with van der Waals surface area (Å²) in [6, 6.07) is 1.38. The van der Waals surface area contributed by atoms with Gasteiger partial charge in [0.15, 0.2) is 5.01 Å². The van der Waals surface area contributed by atoms with Crippen molar-refractivity contribution >= 4 is 34.4 Å². The van der Waals surface area contributed by atoms with Crippen LogP contribution in [0.25, 0.3) is 16.8 Å². The maximum atomic E-state index is 14.2. The fourth-order valence-corrected chi connectivity index (χ4v) is 4.50. The molecule has 3 aromatic heterocycles. The van der Waals surface area contributed by atoms with Crippen LogP contribution in [-0.2, 0) is 0 Å². The molecule has 1 amide bonds. The largest absolute Gasteiger partial charge is 0.340 e. The number of aromatic nitrogens is 3. The average Bonchev–Trinajstić information content (AvgIpc) is 3.20. The zero-order valence-corrected chi connectivity index (χ0v) is 16.5. The fraction of sp³-hybridized carbons (Fsp3) is 0.389. The second kappa shape index (κ2) is 7.06. The Kier molecular flexibility index (Phi) is 4.84. The first-order valence-corrected chi connectivity index (χ1v) is 10.0. The Morgan fingerprint density at radius 2 is 2.25 bits per heavy atom. The van der Waals surface area contributed by atoms with Gasteiger partial charge in [-0.3, -0.25) is 4.79 Å². The number of amides is 1. The Morgan fingerprint density at radius 1 is 1.46 bits per heavy atom. The molecular weight excluding hydrogens is 408 g/mol. The number of nitrogens with two attached hydrogens (primary N) is 1. The number of fused-ring (bicyclic) bond motifs is 1. The van der Waals surface area contributed by atoms with Crippen LogP contribution in [0.2, 0.25) is 5.02 Å². The number of nitrogens with one attached hydrogen (secondary N) is 1. The summed E-state index contributed by atoms with van der Waals surface area (Å²) in [6.45, 7) is 1.82. The number of hydrogen-bond acceptors (Lipinski definition) is 5. The number of halogens is 3. The molecule has 2 atom stereocenters. The average molecular weight is 426 g/mol. The first-order chi connectivity index (χ1) is 13.3. The van der Waals surface area contributed by atoms with Gasteiger partial charge in [0.2, 0.25) is 0 Å². The Balaban J connectivity index is 1.63. The molecule has 28 heavy (non-hydrogen) atoms. The van der Waals surface area contributed by atoms with Gasteiger partial charge in [-0.2, -0.15) is 5.10 Å². The summed E-state index contributed by atoms with van der Waals surface area (Å²) in [6.07, 6.45) is 3.83. The summed E-state index contributed by atoms with van der Waals surface area (Å²) in [5, 5.41) is 7.32. The van der Waals surface area contributed by atoms with E-state index in [0.717, 1.165) is 27.3 Å². The third-order valence-corrected chi connectivity index (χ3v) is 6.14. The summed E-state index contributed by atoms with van der Waals surface area (Å²) in [4.78, 5) is 17.8. The molecule has 0 spiro atoms. The molecule has 1 fully saturated rings. The number of rotatable bonds is 3. The van der Waals surface area contributed by atoms with Crippen LogP contribution >= 0.6 is 22.9 Å². The van der Waals surface area contributed by atoms with Crippen LogP contribution in [0.3, 0.4) is 0 Å². The second-order valence-corrected chi connectivity index (χ2v) is 8.57. The van der Waals surface area contributed by atoms with E-state index in [4.69, 9.17) is 17.3 Å². The summed E-state index contributed by atoms with van der Waals surface area (Å²) in [5.74, 6) is -3.66. The monoisotopic (exact) mass is 425 g/mol. The van der Waals surface area contributed by atoms with Crippen molar-refractivity contribution in [2.24, 2.45) is 5.73 Å². The van der Waals surface area contributed by atoms with Crippen molar-refractivity contribution in [3.05, 3.63) is 39.4 Å². The lowest BCUT2D eigenvalue weighted by Gasteiger charge is -2.36. The third kappa shape index (κ3) is 3.38. The second-order valence-electron chi connectivity index (χ2n) is 6.93. The number of pyridine rings is 1. The van der Waals surface area contributed by atoms with Gasteiger partial charge in [-0.25, -0.2) is 18.3 Å². The lowest BCUT2D eigenvalue weighted by molar-refractivity contribution is -0.0674. The number of carbonyl (C=O) groups excluding carboxylic acids is 1. The third-order valence-electron chi connectivity index (χ3n) is 4.94. The molecule has 4 rings (SSSR count). The highest BCUT2D eigenvalue weighted by Gasteiger charge is 2.46. The first-order valence-electron chi connectivity index (χ1n) is 8.81. The van der Waals surface area contributed by atoms with E-state index < -0.39 is 23.9 Å². The molecule has 3 heterocycles. The van der Waals surface area contributed by atoms with Crippen molar-refractivity contribution in [3.63, 3.8) is 0 Å². The minimum atomic E-state index is -3.02. The van der Waals surface area contributed by atoms with E-state index in [0.29, 0.717) is 23.6 Å². The van der Waals surface area contributed by atoms with Gasteiger partial charge < -0.3 is 11.1 Å². The molecular formula is C18H18ClF2N5OS. The Hall–Kier alpha value is -2.10. The smallest absolute Gasteiger partial charge is 0.280 e.